The average molecular weight is 359 g/mol. The van der Waals surface area contributed by atoms with Gasteiger partial charge in [0, 0.05) is 16.3 Å². The van der Waals surface area contributed by atoms with E-state index in [4.69, 9.17) is 10.5 Å². The zero-order valence-corrected chi connectivity index (χ0v) is 14.9. The Morgan fingerprint density at radius 3 is 1.73 bits per heavy atom. The number of nitrogens with one attached hydrogen (secondary N) is 1. The molecule has 3 aromatic carbocycles. The van der Waals surface area contributed by atoms with Crippen LogP contribution >= 0.6 is 7.21 Å². The number of nitriles is 1. The van der Waals surface area contributed by atoms with E-state index in [0.29, 0.717) is 0 Å². The smallest absolute Gasteiger partial charge is 0.206 e. The lowest BCUT2D eigenvalue weighted by Crippen LogP contribution is -2.25. The van der Waals surface area contributed by atoms with Gasteiger partial charge in [-0.15, -0.1) is 0 Å². The molecule has 0 aromatic heterocycles. The normalized spacial score (nSPS) is 11.4. The van der Waals surface area contributed by atoms with Crippen LogP contribution in [0, 0.1) is 11.5 Å². The minimum atomic E-state index is -2.73. The second-order valence-electron chi connectivity index (χ2n) is 5.45. The minimum absolute atomic E-state index is 0.219. The van der Waals surface area contributed by atoms with Gasteiger partial charge in [0.15, 0.2) is 13.2 Å². The summed E-state index contributed by atoms with van der Waals surface area (Å²) in [5.74, 6) is 0.219. The maximum absolute atomic E-state index is 9.41. The summed E-state index contributed by atoms with van der Waals surface area (Å²) in [4.78, 5) is 0. The summed E-state index contributed by atoms with van der Waals surface area (Å²) in [7, 11) is -2.73. The Balaban J connectivity index is 2.16. The quantitative estimate of drug-likeness (QED) is 0.323. The molecule has 0 saturated heterocycles. The molecular formula is C20H18N5P. The zero-order valence-electron chi connectivity index (χ0n) is 14.0. The summed E-state index contributed by atoms with van der Waals surface area (Å²) in [5, 5.41) is 14.2. The lowest BCUT2D eigenvalue weighted by molar-refractivity contribution is 1.44. The Hall–Kier alpha value is -3.35. The van der Waals surface area contributed by atoms with Crippen molar-refractivity contribution in [1.29, 1.82) is 5.26 Å². The van der Waals surface area contributed by atoms with Crippen molar-refractivity contribution in [2.75, 3.05) is 5.32 Å². The molecule has 3 N–H and O–H groups in total. The number of anilines is 1. The van der Waals surface area contributed by atoms with Gasteiger partial charge in [-0.2, -0.15) is 10.0 Å². The summed E-state index contributed by atoms with van der Waals surface area (Å²) >= 11 is 0. The second-order valence-corrected chi connectivity index (χ2v) is 8.08. The first kappa shape index (κ1) is 17.5. The maximum Gasteiger partial charge on any atom is 0.206 e. The summed E-state index contributed by atoms with van der Waals surface area (Å²) < 4.78 is 9.03. The fourth-order valence-corrected chi connectivity index (χ4v) is 5.06. The molecule has 26 heavy (non-hydrogen) atoms. The van der Waals surface area contributed by atoms with E-state index in [0.717, 1.165) is 16.3 Å². The predicted octanol–water partition coefficient (Wildman–Crippen LogP) is 3.66. The molecule has 0 aliphatic carbocycles. The monoisotopic (exact) mass is 359 g/mol. The van der Waals surface area contributed by atoms with Gasteiger partial charge in [-0.05, 0) is 12.1 Å². The van der Waals surface area contributed by atoms with Crippen LogP contribution in [0.2, 0.25) is 0 Å². The van der Waals surface area contributed by atoms with Gasteiger partial charge in [-0.1, -0.05) is 78.9 Å². The van der Waals surface area contributed by atoms with Crippen LogP contribution in [0.4, 0.5) is 5.69 Å². The molecule has 3 aromatic rings. The number of guanidine groups is 1. The van der Waals surface area contributed by atoms with Crippen LogP contribution in [0.3, 0.4) is 0 Å². The van der Waals surface area contributed by atoms with Crippen molar-refractivity contribution >= 4 is 29.5 Å². The van der Waals surface area contributed by atoms with E-state index in [1.165, 1.54) is 0 Å². The zero-order chi connectivity index (χ0) is 18.2. The molecule has 128 valence electrons. The van der Waals surface area contributed by atoms with Crippen molar-refractivity contribution in [3.63, 3.8) is 0 Å². The van der Waals surface area contributed by atoms with E-state index in [1.54, 1.807) is 0 Å². The van der Waals surface area contributed by atoms with Crippen molar-refractivity contribution in [3.8, 4) is 6.19 Å². The first-order chi connectivity index (χ1) is 12.7. The van der Waals surface area contributed by atoms with Crippen LogP contribution in [0.25, 0.3) is 0 Å². The van der Waals surface area contributed by atoms with E-state index in [1.807, 2.05) is 97.2 Å². The number of nitrogens with two attached hydrogens (primary N) is 1. The molecule has 6 heteroatoms. The standard InChI is InChI=1S/C20H18N5P/c21-16-23-26(18-12-6-2-7-13-18,19-14-8-3-9-15-19)25-20(22)24-17-10-4-1-5-11-17/h1-15H,(H3,22,24,25). The molecule has 0 aliphatic heterocycles. The van der Waals surface area contributed by atoms with Crippen LogP contribution in [-0.4, -0.2) is 5.96 Å². The molecule has 0 atom stereocenters. The number of para-hydroxylation sites is 1. The molecule has 0 fully saturated rings. The van der Waals surface area contributed by atoms with E-state index in [-0.39, 0.29) is 5.96 Å². The van der Waals surface area contributed by atoms with Crippen LogP contribution in [0.1, 0.15) is 0 Å². The highest BCUT2D eigenvalue weighted by molar-refractivity contribution is 7.79. The largest absolute Gasteiger partial charge is 0.369 e. The Morgan fingerprint density at radius 1 is 0.808 bits per heavy atom. The Bertz CT molecular complexity index is 933. The number of nitrogens with zero attached hydrogens (tertiary/aromatic N) is 3. The minimum Gasteiger partial charge on any atom is -0.369 e. The number of benzene rings is 3. The van der Waals surface area contributed by atoms with E-state index in [9.17, 15) is 5.26 Å². The van der Waals surface area contributed by atoms with Gasteiger partial charge < -0.3 is 11.1 Å². The lowest BCUT2D eigenvalue weighted by Gasteiger charge is -2.20. The summed E-state index contributed by atoms with van der Waals surface area (Å²) in [6.45, 7) is 0. The summed E-state index contributed by atoms with van der Waals surface area (Å²) in [6, 6.07) is 28.8. The Kier molecular flexibility index (Phi) is 5.48. The average Bonchev–Trinajstić information content (AvgIpc) is 2.69. The van der Waals surface area contributed by atoms with Crippen LogP contribution in [0.5, 0.6) is 0 Å². The van der Waals surface area contributed by atoms with Gasteiger partial charge in [0.1, 0.15) is 0 Å². The van der Waals surface area contributed by atoms with Gasteiger partial charge in [-0.25, -0.2) is 4.76 Å². The van der Waals surface area contributed by atoms with E-state index < -0.39 is 7.21 Å². The third kappa shape index (κ3) is 3.83. The molecule has 0 bridgehead atoms. The molecule has 0 radical (unpaired) electrons. The summed E-state index contributed by atoms with van der Waals surface area (Å²) in [5.41, 5.74) is 7.02. The fourth-order valence-electron chi connectivity index (χ4n) is 2.59. The molecule has 0 aliphatic rings. The van der Waals surface area contributed by atoms with Gasteiger partial charge in [-0.3, -0.25) is 0 Å². The SMILES string of the molecule is N#CN=P(/N=C(\N)Nc1ccccc1)(c1ccccc1)c1ccccc1. The van der Waals surface area contributed by atoms with E-state index in [2.05, 4.69) is 10.1 Å². The van der Waals surface area contributed by atoms with Crippen molar-refractivity contribution in [2.24, 2.45) is 15.2 Å². The molecule has 0 spiro atoms. The maximum atomic E-state index is 9.41. The molecule has 0 unspecified atom stereocenters. The molecular weight excluding hydrogens is 341 g/mol. The van der Waals surface area contributed by atoms with Gasteiger partial charge in [0.05, 0.1) is 0 Å². The number of hydrogen-bond donors (Lipinski definition) is 2. The molecule has 3 rings (SSSR count). The molecule has 0 amide bonds. The van der Waals surface area contributed by atoms with Gasteiger partial charge >= 0.3 is 0 Å². The predicted molar refractivity (Wildman–Crippen MR) is 109 cm³/mol. The third-order valence-corrected chi connectivity index (χ3v) is 6.64. The first-order valence-electron chi connectivity index (χ1n) is 8.04. The van der Waals surface area contributed by atoms with Crippen LogP contribution < -0.4 is 21.7 Å². The Labute approximate surface area is 152 Å². The van der Waals surface area contributed by atoms with E-state index >= 15 is 0 Å². The molecule has 0 saturated carbocycles. The van der Waals surface area contributed by atoms with Crippen LogP contribution in [0.15, 0.2) is 101 Å². The molecule has 5 nitrogen and oxygen atoms in total. The van der Waals surface area contributed by atoms with Crippen molar-refractivity contribution in [2.45, 2.75) is 0 Å². The van der Waals surface area contributed by atoms with Crippen molar-refractivity contribution in [3.05, 3.63) is 91.0 Å². The first-order valence-corrected chi connectivity index (χ1v) is 9.73. The van der Waals surface area contributed by atoms with Crippen molar-refractivity contribution in [1.82, 2.24) is 0 Å². The second kappa shape index (κ2) is 8.15. The van der Waals surface area contributed by atoms with Gasteiger partial charge in [0.25, 0.3) is 0 Å². The highest BCUT2D eigenvalue weighted by Crippen LogP contribution is 2.48. The number of rotatable bonds is 4. The number of hydrogen-bond acceptors (Lipinski definition) is 2. The topological polar surface area (TPSA) is 86.6 Å². The highest BCUT2D eigenvalue weighted by Gasteiger charge is 2.25. The Morgan fingerprint density at radius 2 is 1.27 bits per heavy atom. The lowest BCUT2D eigenvalue weighted by atomic mass is 10.3. The highest BCUT2D eigenvalue weighted by atomic mass is 31.2. The third-order valence-electron chi connectivity index (χ3n) is 3.72. The summed E-state index contributed by atoms with van der Waals surface area (Å²) in [6.07, 6.45) is 1.96. The van der Waals surface area contributed by atoms with Gasteiger partial charge in [0.2, 0.25) is 6.19 Å². The van der Waals surface area contributed by atoms with Crippen molar-refractivity contribution < 1.29 is 0 Å². The fraction of sp³-hybridized carbons (Fsp3) is 0. The van der Waals surface area contributed by atoms with Crippen LogP contribution in [-0.2, 0) is 0 Å². The molecule has 0 heterocycles.